The summed E-state index contributed by atoms with van der Waals surface area (Å²) in [6.45, 7) is 8.82. The van der Waals surface area contributed by atoms with Crippen molar-refractivity contribution in [3.63, 3.8) is 0 Å². The van der Waals surface area contributed by atoms with Gasteiger partial charge in [-0.25, -0.2) is 4.39 Å². The number of carbonyl (C=O) groups is 1. The minimum absolute atomic E-state index is 0.00665. The molecule has 0 saturated heterocycles. The lowest BCUT2D eigenvalue weighted by Crippen LogP contribution is -2.28. The third kappa shape index (κ3) is 6.19. The van der Waals surface area contributed by atoms with Crippen molar-refractivity contribution < 1.29 is 32.2 Å². The molecule has 1 aromatic carbocycles. The number of benzene rings is 1. The summed E-state index contributed by atoms with van der Waals surface area (Å²) in [6, 6.07) is 2.90. The van der Waals surface area contributed by atoms with Gasteiger partial charge in [0.2, 0.25) is 5.91 Å². The van der Waals surface area contributed by atoms with Gasteiger partial charge >= 0.3 is 12.2 Å². The number of pyridine rings is 1. The summed E-state index contributed by atoms with van der Waals surface area (Å²) in [6.07, 6.45) is -0.995. The first kappa shape index (κ1) is 29.6. The van der Waals surface area contributed by atoms with Crippen molar-refractivity contribution in [2.45, 2.75) is 20.0 Å². The normalized spacial score (nSPS) is 11.1. The molecule has 0 fully saturated rings. The highest BCUT2D eigenvalue weighted by molar-refractivity contribution is 5.88. The predicted molar refractivity (Wildman–Crippen MR) is 138 cm³/mol. The fourth-order valence-corrected chi connectivity index (χ4v) is 3.61. The third-order valence-corrected chi connectivity index (χ3v) is 5.50. The summed E-state index contributed by atoms with van der Waals surface area (Å²) in [5.74, 6) is -2.39. The monoisotopic (exact) mass is 563 g/mol. The van der Waals surface area contributed by atoms with Crippen molar-refractivity contribution in [1.29, 1.82) is 0 Å². The number of phenols is 1. The largest absolute Gasteiger partial charge is 0.506 e. The van der Waals surface area contributed by atoms with Crippen LogP contribution >= 0.6 is 0 Å². The fraction of sp³-hybridized carbons (Fsp3) is 0.240. The van der Waals surface area contributed by atoms with Gasteiger partial charge in [-0.1, -0.05) is 12.6 Å². The molecule has 212 valence electrons. The first-order chi connectivity index (χ1) is 18.8. The number of hydrogen-bond acceptors (Lipinski definition) is 8. The molecule has 15 heteroatoms. The van der Waals surface area contributed by atoms with E-state index < -0.39 is 57.4 Å². The van der Waals surface area contributed by atoms with E-state index in [1.807, 2.05) is 13.8 Å². The first-order valence-electron chi connectivity index (χ1n) is 11.7. The number of anilines is 1. The molecule has 3 N–H and O–H groups in total. The van der Waals surface area contributed by atoms with E-state index in [-0.39, 0.29) is 16.2 Å². The van der Waals surface area contributed by atoms with Crippen molar-refractivity contribution >= 4 is 22.6 Å². The molecule has 4 aromatic rings. The van der Waals surface area contributed by atoms with Crippen molar-refractivity contribution in [2.75, 3.05) is 18.8 Å². The molecule has 0 unspecified atom stereocenters. The van der Waals surface area contributed by atoms with Crippen molar-refractivity contribution in [3.05, 3.63) is 71.2 Å². The summed E-state index contributed by atoms with van der Waals surface area (Å²) >= 11 is 0. The van der Waals surface area contributed by atoms with E-state index in [0.29, 0.717) is 6.07 Å². The molecule has 0 aliphatic carbocycles. The highest BCUT2D eigenvalue weighted by Gasteiger charge is 2.37. The van der Waals surface area contributed by atoms with Gasteiger partial charge in [0.25, 0.3) is 5.56 Å². The zero-order valence-corrected chi connectivity index (χ0v) is 21.6. The van der Waals surface area contributed by atoms with E-state index >= 15 is 0 Å². The molecule has 3 heterocycles. The molecule has 3 aromatic heterocycles. The molecule has 1 amide bonds. The smallest absolute Gasteiger partial charge is 0.431 e. The zero-order chi connectivity index (χ0) is 29.8. The Kier molecular flexibility index (Phi) is 8.76. The highest BCUT2D eigenvalue weighted by atomic mass is 19.4. The number of aromatic nitrogens is 5. The SMILES string of the molecule is C=CC(=O)N(CC)CC.Cn1cc(Oc2nc(N)c3cc(C(F)(F)F)n(-c4c(O)cccc4F)c(=O)c3n2)cn1. The number of fused-ring (bicyclic) bond motifs is 1. The maximum atomic E-state index is 14.4. The Balaban J connectivity index is 0.000000424. The average molecular weight is 564 g/mol. The van der Waals surface area contributed by atoms with E-state index in [0.717, 1.165) is 31.3 Å². The van der Waals surface area contributed by atoms with E-state index in [1.165, 1.54) is 23.2 Å². The molecule has 4 rings (SSSR count). The number of ether oxygens (including phenoxy) is 1. The number of nitrogens with zero attached hydrogens (tertiary/aromatic N) is 6. The van der Waals surface area contributed by atoms with Crippen LogP contribution in [0.25, 0.3) is 16.6 Å². The second-order valence-electron chi connectivity index (χ2n) is 8.10. The van der Waals surface area contributed by atoms with Crippen molar-refractivity contribution in [1.82, 2.24) is 29.2 Å². The Morgan fingerprint density at radius 3 is 2.42 bits per heavy atom. The first-order valence-corrected chi connectivity index (χ1v) is 11.7. The summed E-state index contributed by atoms with van der Waals surface area (Å²) < 4.78 is 62.3. The molecule has 0 radical (unpaired) electrons. The Morgan fingerprint density at radius 1 is 1.25 bits per heavy atom. The number of nitrogen functional groups attached to an aromatic ring is 1. The van der Waals surface area contributed by atoms with Crippen LogP contribution in [0.4, 0.5) is 23.4 Å². The number of rotatable bonds is 6. The second-order valence-corrected chi connectivity index (χ2v) is 8.10. The topological polar surface area (TPSA) is 141 Å². The number of likely N-dealkylation sites (N-methyl/N-ethyl adjacent to an activating group) is 1. The number of aromatic hydroxyl groups is 1. The summed E-state index contributed by atoms with van der Waals surface area (Å²) in [7, 11) is 1.61. The average Bonchev–Trinajstić information content (AvgIpc) is 3.30. The molecule has 11 nitrogen and oxygen atoms in total. The number of amides is 1. The number of nitrogens with two attached hydrogens (primary N) is 1. The van der Waals surface area contributed by atoms with Gasteiger partial charge in [0.15, 0.2) is 11.6 Å². The van der Waals surface area contributed by atoms with Gasteiger partial charge in [0.1, 0.15) is 28.5 Å². The highest BCUT2D eigenvalue weighted by Crippen LogP contribution is 2.35. The Morgan fingerprint density at radius 2 is 1.93 bits per heavy atom. The number of phenolic OH excluding ortho intramolecular Hbond substituents is 1. The number of halogens is 4. The number of para-hydroxylation sites is 1. The van der Waals surface area contributed by atoms with E-state index in [4.69, 9.17) is 10.5 Å². The molecular formula is C25H25F4N7O4. The molecule has 0 spiro atoms. The fourth-order valence-electron chi connectivity index (χ4n) is 3.61. The van der Waals surface area contributed by atoms with Gasteiger partial charge in [-0.3, -0.25) is 18.8 Å². The van der Waals surface area contributed by atoms with Gasteiger partial charge in [-0.15, -0.1) is 0 Å². The van der Waals surface area contributed by atoms with Crippen LogP contribution in [0.15, 0.2) is 54.1 Å². The Labute approximate surface area is 224 Å². The van der Waals surface area contributed by atoms with E-state index in [9.17, 15) is 32.3 Å². The van der Waals surface area contributed by atoms with Crippen LogP contribution in [-0.2, 0) is 18.0 Å². The van der Waals surface area contributed by atoms with E-state index in [2.05, 4.69) is 21.6 Å². The van der Waals surface area contributed by atoms with Gasteiger partial charge < -0.3 is 20.5 Å². The minimum Gasteiger partial charge on any atom is -0.506 e. The molecule has 0 aliphatic rings. The second kappa shape index (κ2) is 11.8. The number of carbonyl (C=O) groups excluding carboxylic acids is 1. The summed E-state index contributed by atoms with van der Waals surface area (Å²) in [5, 5.41) is 13.4. The predicted octanol–water partition coefficient (Wildman–Crippen LogP) is 3.79. The molecule has 0 aliphatic heterocycles. The van der Waals surface area contributed by atoms with E-state index in [1.54, 1.807) is 11.9 Å². The lowest BCUT2D eigenvalue weighted by molar-refractivity contribution is -0.142. The lowest BCUT2D eigenvalue weighted by atomic mass is 10.2. The van der Waals surface area contributed by atoms with Crippen LogP contribution in [0.3, 0.4) is 0 Å². The molecule has 0 bridgehead atoms. The molecular weight excluding hydrogens is 538 g/mol. The van der Waals surface area contributed by atoms with Crippen LogP contribution in [0.1, 0.15) is 19.5 Å². The maximum Gasteiger partial charge on any atom is 0.431 e. The number of aryl methyl sites for hydroxylation is 1. The quantitative estimate of drug-likeness (QED) is 0.267. The molecule has 40 heavy (non-hydrogen) atoms. The van der Waals surface area contributed by atoms with Gasteiger partial charge in [-0.05, 0) is 38.1 Å². The standard InChI is InChI=1S/C18H12F4N6O3.C7H13NO/c1-27-7-8(6-24-27)31-17-25-13-9(15(23)26-17)5-12(18(20,21)22)28(16(13)30)14-10(19)3-2-4-11(14)29;1-4-7(9)8(5-2)6-3/h2-7,29H,1H3,(H2,23,25,26);4H,1,5-6H2,2-3H3. The Bertz CT molecular complexity index is 1590. The Hall–Kier alpha value is -4.95. The van der Waals surface area contributed by atoms with Crippen LogP contribution in [0.2, 0.25) is 0 Å². The van der Waals surface area contributed by atoms with Crippen LogP contribution < -0.4 is 16.0 Å². The minimum atomic E-state index is -5.10. The van der Waals surface area contributed by atoms with Gasteiger partial charge in [0.05, 0.1) is 17.8 Å². The molecule has 0 saturated carbocycles. The van der Waals surface area contributed by atoms with Crippen LogP contribution in [0, 0.1) is 5.82 Å². The van der Waals surface area contributed by atoms with Crippen molar-refractivity contribution in [3.8, 4) is 23.2 Å². The van der Waals surface area contributed by atoms with Gasteiger partial charge in [0, 0.05) is 20.1 Å². The zero-order valence-electron chi connectivity index (χ0n) is 21.6. The van der Waals surface area contributed by atoms with Crippen LogP contribution in [-0.4, -0.2) is 53.3 Å². The number of alkyl halides is 3. The maximum absolute atomic E-state index is 14.4. The third-order valence-electron chi connectivity index (χ3n) is 5.50. The lowest BCUT2D eigenvalue weighted by Gasteiger charge is -2.18. The summed E-state index contributed by atoms with van der Waals surface area (Å²) in [4.78, 5) is 33.2. The van der Waals surface area contributed by atoms with Crippen molar-refractivity contribution in [2.24, 2.45) is 7.05 Å². The van der Waals surface area contributed by atoms with Crippen LogP contribution in [0.5, 0.6) is 17.5 Å². The molecule has 0 atom stereocenters. The number of hydrogen-bond donors (Lipinski definition) is 2. The summed E-state index contributed by atoms with van der Waals surface area (Å²) in [5.41, 5.74) is 1.26. The van der Waals surface area contributed by atoms with Gasteiger partial charge in [-0.2, -0.15) is 28.2 Å².